The van der Waals surface area contributed by atoms with Gasteiger partial charge in [-0.15, -0.1) is 11.6 Å². The number of halogens is 4. The normalized spacial score (nSPS) is 13.6. The molecule has 0 radical (unpaired) electrons. The predicted octanol–water partition coefficient (Wildman–Crippen LogP) is 4.67. The van der Waals surface area contributed by atoms with Crippen LogP contribution in [0.1, 0.15) is 35.9 Å². The summed E-state index contributed by atoms with van der Waals surface area (Å²) in [4.78, 5) is 0. The molecule has 1 nitrogen and oxygen atoms in total. The van der Waals surface area contributed by atoms with Crippen LogP contribution in [0.15, 0.2) is 18.2 Å². The molecule has 19 heavy (non-hydrogen) atoms. The fourth-order valence-electron chi connectivity index (χ4n) is 1.85. The predicted molar refractivity (Wildman–Crippen MR) is 70.7 cm³/mol. The first-order valence-electron chi connectivity index (χ1n) is 6.27. The van der Waals surface area contributed by atoms with Crippen LogP contribution >= 0.6 is 11.6 Å². The molecule has 1 atom stereocenters. The minimum absolute atomic E-state index is 0.138. The second-order valence-corrected chi connectivity index (χ2v) is 4.86. The van der Waals surface area contributed by atoms with Gasteiger partial charge in [-0.05, 0) is 29.5 Å². The van der Waals surface area contributed by atoms with Crippen molar-refractivity contribution in [3.63, 3.8) is 0 Å². The zero-order valence-electron chi connectivity index (χ0n) is 11.1. The van der Waals surface area contributed by atoms with E-state index in [0.29, 0.717) is 0 Å². The topological polar surface area (TPSA) is 9.23 Å². The van der Waals surface area contributed by atoms with E-state index in [9.17, 15) is 13.2 Å². The van der Waals surface area contributed by atoms with Gasteiger partial charge < -0.3 is 4.74 Å². The van der Waals surface area contributed by atoms with Gasteiger partial charge in [-0.1, -0.05) is 32.0 Å². The molecule has 0 heterocycles. The number of hydrogen-bond acceptors (Lipinski definition) is 1. The van der Waals surface area contributed by atoms with E-state index in [1.54, 1.807) is 0 Å². The fourth-order valence-corrected chi connectivity index (χ4v) is 2.14. The SMILES string of the molecule is CCc1ccc(CC)c(C(Cl)COCC(F)(F)F)c1. The lowest BCUT2D eigenvalue weighted by Crippen LogP contribution is -2.19. The molecule has 1 unspecified atom stereocenters. The van der Waals surface area contributed by atoms with Gasteiger partial charge in [-0.2, -0.15) is 13.2 Å². The van der Waals surface area contributed by atoms with Gasteiger partial charge in [0.15, 0.2) is 0 Å². The van der Waals surface area contributed by atoms with Crippen LogP contribution in [-0.4, -0.2) is 19.4 Å². The Labute approximate surface area is 116 Å². The van der Waals surface area contributed by atoms with Crippen LogP contribution in [0.2, 0.25) is 0 Å². The van der Waals surface area contributed by atoms with E-state index in [2.05, 4.69) is 4.74 Å². The molecule has 0 saturated heterocycles. The molecule has 0 aliphatic heterocycles. The van der Waals surface area contributed by atoms with Gasteiger partial charge in [0.1, 0.15) is 6.61 Å². The third-order valence-corrected chi connectivity index (χ3v) is 3.23. The minimum atomic E-state index is -4.31. The van der Waals surface area contributed by atoms with Gasteiger partial charge in [0.25, 0.3) is 0 Å². The molecule has 0 aliphatic carbocycles. The van der Waals surface area contributed by atoms with Gasteiger partial charge in [-0.3, -0.25) is 0 Å². The Balaban J connectivity index is 2.72. The molecule has 5 heteroatoms. The average Bonchev–Trinajstić information content (AvgIpc) is 2.36. The van der Waals surface area contributed by atoms with Gasteiger partial charge >= 0.3 is 6.18 Å². The van der Waals surface area contributed by atoms with Gasteiger partial charge in [0.05, 0.1) is 12.0 Å². The summed E-state index contributed by atoms with van der Waals surface area (Å²) < 4.78 is 40.6. The molecule has 1 aromatic rings. The second-order valence-electron chi connectivity index (χ2n) is 4.34. The summed E-state index contributed by atoms with van der Waals surface area (Å²) in [7, 11) is 0. The molecule has 0 saturated carbocycles. The van der Waals surface area contributed by atoms with Crippen LogP contribution in [0.25, 0.3) is 0 Å². The maximum atomic E-state index is 12.0. The van der Waals surface area contributed by atoms with Crippen LogP contribution in [-0.2, 0) is 17.6 Å². The second kappa shape index (κ2) is 7.15. The standard InChI is InChI=1S/C14H18ClF3O/c1-3-10-5-6-11(4-2)12(7-10)13(15)8-19-9-14(16,17)18/h5-7,13H,3-4,8-9H2,1-2H3. The Morgan fingerprint density at radius 2 is 1.89 bits per heavy atom. The fraction of sp³-hybridized carbons (Fsp3) is 0.571. The van der Waals surface area contributed by atoms with Crippen LogP contribution in [0.5, 0.6) is 0 Å². The molecular weight excluding hydrogens is 277 g/mol. The van der Waals surface area contributed by atoms with Gasteiger partial charge in [0, 0.05) is 0 Å². The molecule has 0 amide bonds. The van der Waals surface area contributed by atoms with Crippen molar-refractivity contribution in [2.75, 3.05) is 13.2 Å². The highest BCUT2D eigenvalue weighted by atomic mass is 35.5. The number of rotatable bonds is 6. The van der Waals surface area contributed by atoms with Crippen molar-refractivity contribution >= 4 is 11.6 Å². The highest BCUT2D eigenvalue weighted by Crippen LogP contribution is 2.27. The molecular formula is C14H18ClF3O. The number of aryl methyl sites for hydroxylation is 2. The largest absolute Gasteiger partial charge is 0.411 e. The molecule has 0 N–H and O–H groups in total. The zero-order valence-corrected chi connectivity index (χ0v) is 11.8. The van der Waals surface area contributed by atoms with E-state index < -0.39 is 18.2 Å². The van der Waals surface area contributed by atoms with Gasteiger partial charge in [0.2, 0.25) is 0 Å². The Morgan fingerprint density at radius 3 is 2.42 bits per heavy atom. The van der Waals surface area contributed by atoms with E-state index in [1.165, 1.54) is 0 Å². The van der Waals surface area contributed by atoms with Gasteiger partial charge in [-0.25, -0.2) is 0 Å². The summed E-state index contributed by atoms with van der Waals surface area (Å²) in [5.74, 6) is 0. The first-order valence-corrected chi connectivity index (χ1v) is 6.71. The first-order chi connectivity index (χ1) is 8.87. The highest BCUT2D eigenvalue weighted by Gasteiger charge is 2.28. The molecule has 1 rings (SSSR count). The molecule has 0 spiro atoms. The van der Waals surface area contributed by atoms with Crippen molar-refractivity contribution < 1.29 is 17.9 Å². The number of hydrogen-bond donors (Lipinski definition) is 0. The van der Waals surface area contributed by atoms with Crippen molar-refractivity contribution in [2.45, 2.75) is 38.2 Å². The van der Waals surface area contributed by atoms with Crippen molar-refractivity contribution in [3.05, 3.63) is 34.9 Å². The Hall–Kier alpha value is -0.740. The Morgan fingerprint density at radius 1 is 1.21 bits per heavy atom. The third kappa shape index (κ3) is 5.41. The van der Waals surface area contributed by atoms with E-state index in [-0.39, 0.29) is 6.61 Å². The molecule has 1 aromatic carbocycles. The molecule has 0 aliphatic rings. The maximum absolute atomic E-state index is 12.0. The zero-order chi connectivity index (χ0) is 14.5. The first kappa shape index (κ1) is 16.3. The van der Waals surface area contributed by atoms with Crippen LogP contribution in [0.3, 0.4) is 0 Å². The minimum Gasteiger partial charge on any atom is -0.370 e. The molecule has 108 valence electrons. The summed E-state index contributed by atoms with van der Waals surface area (Å²) in [5.41, 5.74) is 3.03. The Kier molecular flexibility index (Phi) is 6.14. The summed E-state index contributed by atoms with van der Waals surface area (Å²) in [6.07, 6.45) is -2.65. The van der Waals surface area contributed by atoms with Crippen LogP contribution < -0.4 is 0 Å². The average molecular weight is 295 g/mol. The Bertz CT molecular complexity index is 404. The molecule has 0 bridgehead atoms. The number of ether oxygens (including phenoxy) is 1. The summed E-state index contributed by atoms with van der Waals surface area (Å²) in [6.45, 7) is 2.62. The van der Waals surface area contributed by atoms with Crippen molar-refractivity contribution in [2.24, 2.45) is 0 Å². The van der Waals surface area contributed by atoms with Crippen molar-refractivity contribution in [1.29, 1.82) is 0 Å². The van der Waals surface area contributed by atoms with Crippen LogP contribution in [0.4, 0.5) is 13.2 Å². The van der Waals surface area contributed by atoms with E-state index in [0.717, 1.165) is 29.5 Å². The quantitative estimate of drug-likeness (QED) is 0.693. The number of benzene rings is 1. The van der Waals surface area contributed by atoms with Crippen molar-refractivity contribution in [1.82, 2.24) is 0 Å². The lowest BCUT2D eigenvalue weighted by Gasteiger charge is -2.16. The number of alkyl halides is 4. The summed E-state index contributed by atoms with van der Waals surface area (Å²) >= 11 is 6.16. The highest BCUT2D eigenvalue weighted by molar-refractivity contribution is 6.21. The van der Waals surface area contributed by atoms with Crippen LogP contribution in [0, 0.1) is 0 Å². The van der Waals surface area contributed by atoms with E-state index in [1.807, 2.05) is 32.0 Å². The van der Waals surface area contributed by atoms with E-state index >= 15 is 0 Å². The summed E-state index contributed by atoms with van der Waals surface area (Å²) in [6, 6.07) is 5.95. The smallest absolute Gasteiger partial charge is 0.370 e. The third-order valence-electron chi connectivity index (χ3n) is 2.87. The molecule has 0 fully saturated rings. The van der Waals surface area contributed by atoms with Crippen molar-refractivity contribution in [3.8, 4) is 0 Å². The lowest BCUT2D eigenvalue weighted by atomic mass is 9.98. The molecule has 0 aromatic heterocycles. The summed E-state index contributed by atoms with van der Waals surface area (Å²) in [5, 5.41) is -0.552. The lowest BCUT2D eigenvalue weighted by molar-refractivity contribution is -0.173. The maximum Gasteiger partial charge on any atom is 0.411 e. The monoisotopic (exact) mass is 294 g/mol. The van der Waals surface area contributed by atoms with E-state index in [4.69, 9.17) is 11.6 Å².